The van der Waals surface area contributed by atoms with Crippen molar-refractivity contribution in [3.8, 4) is 16.9 Å². The number of carbonyl (C=O) groups is 1. The monoisotopic (exact) mass is 474 g/mol. The maximum Gasteiger partial charge on any atom is 0.270 e. The lowest BCUT2D eigenvalue weighted by molar-refractivity contribution is 0.0979. The van der Waals surface area contributed by atoms with Crippen molar-refractivity contribution in [1.29, 1.82) is 0 Å². The molecular formula is C26H22N2O5S. The fraction of sp³-hybridized carbons (Fsp3) is 0.0769. The number of hydrogen-bond donors (Lipinski definition) is 2. The van der Waals surface area contributed by atoms with Gasteiger partial charge in [0.2, 0.25) is 5.43 Å². The third-order valence-electron chi connectivity index (χ3n) is 5.32. The molecule has 4 rings (SSSR count). The van der Waals surface area contributed by atoms with Gasteiger partial charge in [0.25, 0.3) is 15.9 Å². The third-order valence-corrected chi connectivity index (χ3v) is 6.67. The number of nitrogens with zero attached hydrogens (tertiary/aromatic N) is 1. The van der Waals surface area contributed by atoms with E-state index in [1.807, 2.05) is 59.3 Å². The molecule has 3 aromatic carbocycles. The minimum Gasteiger partial charge on any atom is -0.503 e. The maximum atomic E-state index is 12.8. The summed E-state index contributed by atoms with van der Waals surface area (Å²) in [7, 11) is -4.20. The number of aromatic nitrogens is 1. The van der Waals surface area contributed by atoms with Crippen molar-refractivity contribution in [2.24, 2.45) is 0 Å². The summed E-state index contributed by atoms with van der Waals surface area (Å²) in [6.07, 6.45) is 2.46. The smallest absolute Gasteiger partial charge is 0.270 e. The van der Waals surface area contributed by atoms with E-state index in [-0.39, 0.29) is 11.4 Å². The van der Waals surface area contributed by atoms with Crippen molar-refractivity contribution in [2.75, 3.05) is 0 Å². The molecule has 1 heterocycles. The first-order valence-corrected chi connectivity index (χ1v) is 11.9. The van der Waals surface area contributed by atoms with Crippen LogP contribution in [-0.2, 0) is 16.6 Å². The lowest BCUT2D eigenvalue weighted by Gasteiger charge is -2.14. The summed E-state index contributed by atoms with van der Waals surface area (Å²) in [4.78, 5) is 25.1. The Hall–Kier alpha value is -4.17. The number of pyridine rings is 1. The molecule has 4 aromatic rings. The van der Waals surface area contributed by atoms with Crippen molar-refractivity contribution < 1.29 is 18.3 Å². The predicted octanol–water partition coefficient (Wildman–Crippen LogP) is 3.70. The molecule has 0 spiro atoms. The molecule has 0 fully saturated rings. The summed E-state index contributed by atoms with van der Waals surface area (Å²) in [6.45, 7) is 2.05. The lowest BCUT2D eigenvalue weighted by atomic mass is 9.99. The fourth-order valence-electron chi connectivity index (χ4n) is 3.58. The van der Waals surface area contributed by atoms with Gasteiger partial charge in [-0.3, -0.25) is 9.59 Å². The Morgan fingerprint density at radius 1 is 0.912 bits per heavy atom. The van der Waals surface area contributed by atoms with Crippen LogP contribution in [0, 0.1) is 6.92 Å². The maximum absolute atomic E-state index is 12.8. The molecule has 0 saturated carbocycles. The van der Waals surface area contributed by atoms with E-state index in [2.05, 4.69) is 0 Å². The molecular weight excluding hydrogens is 452 g/mol. The van der Waals surface area contributed by atoms with E-state index < -0.39 is 32.7 Å². The van der Waals surface area contributed by atoms with Crippen molar-refractivity contribution >= 4 is 15.9 Å². The van der Waals surface area contributed by atoms with Crippen LogP contribution in [0.1, 0.15) is 21.5 Å². The number of amides is 1. The second kappa shape index (κ2) is 9.36. The van der Waals surface area contributed by atoms with Crippen LogP contribution in [0.3, 0.4) is 0 Å². The molecule has 34 heavy (non-hydrogen) atoms. The van der Waals surface area contributed by atoms with E-state index in [0.717, 1.165) is 22.3 Å². The average molecular weight is 475 g/mol. The Labute approximate surface area is 197 Å². The molecule has 0 atom stereocenters. The molecule has 1 aromatic heterocycles. The van der Waals surface area contributed by atoms with Gasteiger partial charge in [0, 0.05) is 12.7 Å². The largest absolute Gasteiger partial charge is 0.503 e. The summed E-state index contributed by atoms with van der Waals surface area (Å²) in [5.74, 6) is -1.77. The van der Waals surface area contributed by atoms with Gasteiger partial charge in [-0.2, -0.15) is 0 Å². The van der Waals surface area contributed by atoms with Gasteiger partial charge in [-0.15, -0.1) is 0 Å². The molecule has 0 aliphatic heterocycles. The van der Waals surface area contributed by atoms with Gasteiger partial charge in [0.1, 0.15) is 5.56 Å². The number of aryl methyl sites for hydroxylation is 1. The van der Waals surface area contributed by atoms with Crippen molar-refractivity contribution in [1.82, 2.24) is 9.29 Å². The Balaban J connectivity index is 1.66. The molecule has 0 aliphatic rings. The van der Waals surface area contributed by atoms with Crippen LogP contribution in [-0.4, -0.2) is 24.0 Å². The number of nitrogens with one attached hydrogen (secondary N) is 1. The molecule has 7 nitrogen and oxygen atoms in total. The van der Waals surface area contributed by atoms with E-state index in [9.17, 15) is 23.1 Å². The standard InChI is InChI=1S/C26H22N2O5S/c1-18-11-13-21(14-12-18)34(32,33)27-26(31)23-16-28(17-24(29)25(23)30)15-20-9-5-6-10-22(20)19-7-3-2-4-8-19/h2-14,16-17,29H,15H2,1H3,(H,27,31). The van der Waals surface area contributed by atoms with E-state index in [0.29, 0.717) is 0 Å². The molecule has 0 radical (unpaired) electrons. The Morgan fingerprint density at radius 3 is 2.26 bits per heavy atom. The molecule has 0 unspecified atom stereocenters. The molecule has 172 valence electrons. The van der Waals surface area contributed by atoms with Crippen LogP contribution in [0.2, 0.25) is 0 Å². The molecule has 0 saturated heterocycles. The van der Waals surface area contributed by atoms with Crippen molar-refractivity contribution in [2.45, 2.75) is 18.4 Å². The molecule has 0 aliphatic carbocycles. The van der Waals surface area contributed by atoms with E-state index in [1.54, 1.807) is 19.1 Å². The zero-order chi connectivity index (χ0) is 24.3. The molecule has 0 bridgehead atoms. The van der Waals surface area contributed by atoms with E-state index in [1.165, 1.54) is 29.1 Å². The first kappa shape index (κ1) is 23.0. The highest BCUT2D eigenvalue weighted by Crippen LogP contribution is 2.24. The lowest BCUT2D eigenvalue weighted by Crippen LogP contribution is -2.34. The predicted molar refractivity (Wildman–Crippen MR) is 129 cm³/mol. The second-order valence-corrected chi connectivity index (χ2v) is 9.51. The van der Waals surface area contributed by atoms with Gasteiger partial charge in [-0.25, -0.2) is 13.1 Å². The topological polar surface area (TPSA) is 105 Å². The fourth-order valence-corrected chi connectivity index (χ4v) is 4.54. The summed E-state index contributed by atoms with van der Waals surface area (Å²) >= 11 is 0. The molecule has 8 heteroatoms. The zero-order valence-electron chi connectivity index (χ0n) is 18.3. The van der Waals surface area contributed by atoms with Crippen LogP contribution in [0.15, 0.2) is 101 Å². The minimum absolute atomic E-state index is 0.108. The minimum atomic E-state index is -4.20. The summed E-state index contributed by atoms with van der Waals surface area (Å²) in [5, 5.41) is 10.2. The van der Waals surface area contributed by atoms with Gasteiger partial charge in [-0.1, -0.05) is 72.3 Å². The zero-order valence-corrected chi connectivity index (χ0v) is 19.1. The highest BCUT2D eigenvalue weighted by molar-refractivity contribution is 7.90. The van der Waals surface area contributed by atoms with Crippen molar-refractivity contribution in [3.05, 3.63) is 118 Å². The van der Waals surface area contributed by atoms with E-state index >= 15 is 0 Å². The number of carbonyl (C=O) groups excluding carboxylic acids is 1. The van der Waals surface area contributed by atoms with Gasteiger partial charge in [0.05, 0.1) is 11.1 Å². The van der Waals surface area contributed by atoms with Crippen LogP contribution in [0.25, 0.3) is 11.1 Å². The van der Waals surface area contributed by atoms with Gasteiger partial charge < -0.3 is 9.67 Å². The Kier molecular flexibility index (Phi) is 6.34. The second-order valence-electron chi connectivity index (χ2n) is 7.83. The summed E-state index contributed by atoms with van der Waals surface area (Å²) in [6, 6.07) is 23.3. The number of hydrogen-bond acceptors (Lipinski definition) is 5. The number of sulfonamides is 1. The van der Waals surface area contributed by atoms with Gasteiger partial charge in [-0.05, 0) is 35.7 Å². The highest BCUT2D eigenvalue weighted by atomic mass is 32.2. The Bertz CT molecular complexity index is 1510. The molecule has 2 N–H and O–H groups in total. The number of rotatable bonds is 6. The van der Waals surface area contributed by atoms with Gasteiger partial charge >= 0.3 is 0 Å². The SMILES string of the molecule is Cc1ccc(S(=O)(=O)NC(=O)c2cn(Cc3ccccc3-c3ccccc3)cc(O)c2=O)cc1. The summed E-state index contributed by atoms with van der Waals surface area (Å²) in [5.41, 5.74) is 2.25. The summed E-state index contributed by atoms with van der Waals surface area (Å²) < 4.78 is 28.6. The van der Waals surface area contributed by atoms with E-state index in [4.69, 9.17) is 0 Å². The Morgan fingerprint density at radius 2 is 1.56 bits per heavy atom. The van der Waals surface area contributed by atoms with Crippen molar-refractivity contribution in [3.63, 3.8) is 0 Å². The van der Waals surface area contributed by atoms with Gasteiger partial charge in [0.15, 0.2) is 5.75 Å². The first-order valence-electron chi connectivity index (χ1n) is 10.4. The van der Waals surface area contributed by atoms with Crippen LogP contribution in [0.4, 0.5) is 0 Å². The highest BCUT2D eigenvalue weighted by Gasteiger charge is 2.22. The van der Waals surface area contributed by atoms with Crippen LogP contribution >= 0.6 is 0 Å². The third kappa shape index (κ3) is 4.92. The van der Waals surface area contributed by atoms with Crippen LogP contribution < -0.4 is 10.2 Å². The number of benzene rings is 3. The quantitative estimate of drug-likeness (QED) is 0.443. The average Bonchev–Trinajstić information content (AvgIpc) is 2.82. The number of aromatic hydroxyl groups is 1. The normalized spacial score (nSPS) is 11.2. The first-order chi connectivity index (χ1) is 16.2. The molecule has 1 amide bonds. The van der Waals surface area contributed by atoms with Crippen LogP contribution in [0.5, 0.6) is 5.75 Å².